The Morgan fingerprint density at radius 2 is 2.62 bits per heavy atom. The minimum atomic E-state index is 0.335. The van der Waals surface area contributed by atoms with E-state index in [4.69, 9.17) is 5.11 Å². The van der Waals surface area contributed by atoms with Crippen LogP contribution in [0.5, 0.6) is 0 Å². The molecule has 1 unspecified atom stereocenters. The Morgan fingerprint density at radius 3 is 3.00 bits per heavy atom. The van der Waals surface area contributed by atoms with Crippen LogP contribution in [0.3, 0.4) is 0 Å². The maximum atomic E-state index is 8.64. The molecule has 1 nitrogen and oxygen atoms in total. The van der Waals surface area contributed by atoms with Gasteiger partial charge in [-0.15, -0.1) is 23.5 Å². The van der Waals surface area contributed by atoms with Crippen molar-refractivity contribution in [2.75, 3.05) is 12.4 Å². The van der Waals surface area contributed by atoms with Crippen molar-refractivity contribution >= 4 is 23.5 Å². The summed E-state index contributed by atoms with van der Waals surface area (Å²) in [5.74, 6) is 1.18. The summed E-state index contributed by atoms with van der Waals surface area (Å²) in [5, 5.41) is 11.2. The highest BCUT2D eigenvalue weighted by Gasteiger charge is 2.11. The Balaban J connectivity index is 2.13. The van der Waals surface area contributed by atoms with Gasteiger partial charge in [0.05, 0.1) is 11.7 Å². The van der Waals surface area contributed by atoms with Gasteiger partial charge < -0.3 is 5.11 Å². The largest absolute Gasteiger partial charge is 0.395 e. The van der Waals surface area contributed by atoms with Crippen molar-refractivity contribution in [1.82, 2.24) is 0 Å². The standard InChI is InChI=1S/C5H9OS2/c6-3-5-1-2-7-4-8-5/h4-6H,1-3H2. The van der Waals surface area contributed by atoms with E-state index < -0.39 is 0 Å². The third-order valence-electron chi connectivity index (χ3n) is 1.08. The molecule has 1 aliphatic rings. The fourth-order valence-electron chi connectivity index (χ4n) is 0.568. The van der Waals surface area contributed by atoms with E-state index in [0.717, 1.165) is 6.42 Å². The summed E-state index contributed by atoms with van der Waals surface area (Å²) in [6.07, 6.45) is 1.16. The van der Waals surface area contributed by atoms with Crippen LogP contribution in [0.2, 0.25) is 0 Å². The summed E-state index contributed by atoms with van der Waals surface area (Å²) in [4.78, 5) is 0. The number of rotatable bonds is 1. The second-order valence-corrected chi connectivity index (χ2v) is 4.15. The molecular formula is C5H9OS2. The van der Waals surface area contributed by atoms with E-state index in [1.807, 2.05) is 11.8 Å². The summed E-state index contributed by atoms with van der Waals surface area (Å²) in [7, 11) is 0. The molecule has 1 saturated heterocycles. The molecule has 0 aromatic carbocycles. The van der Waals surface area contributed by atoms with Gasteiger partial charge in [-0.2, -0.15) is 0 Å². The second-order valence-electron chi connectivity index (χ2n) is 1.70. The number of hydrogen-bond donors (Lipinski definition) is 1. The van der Waals surface area contributed by atoms with Gasteiger partial charge in [0.1, 0.15) is 0 Å². The molecule has 8 heavy (non-hydrogen) atoms. The quantitative estimate of drug-likeness (QED) is 0.607. The molecule has 1 radical (unpaired) electrons. The van der Waals surface area contributed by atoms with Gasteiger partial charge >= 0.3 is 0 Å². The first kappa shape index (κ1) is 6.78. The minimum Gasteiger partial charge on any atom is -0.395 e. The smallest absolute Gasteiger partial charge is 0.0716 e. The summed E-state index contributed by atoms with van der Waals surface area (Å²) in [5.41, 5.74) is 0. The fraction of sp³-hybridized carbons (Fsp3) is 0.800. The van der Waals surface area contributed by atoms with Crippen molar-refractivity contribution in [1.29, 1.82) is 0 Å². The van der Waals surface area contributed by atoms with Gasteiger partial charge in [-0.25, -0.2) is 0 Å². The summed E-state index contributed by atoms with van der Waals surface area (Å²) in [6.45, 7) is 0.335. The summed E-state index contributed by atoms with van der Waals surface area (Å²) in [6, 6.07) is 0. The van der Waals surface area contributed by atoms with Crippen LogP contribution in [0.1, 0.15) is 6.42 Å². The topological polar surface area (TPSA) is 20.2 Å². The molecule has 1 rings (SSSR count). The third kappa shape index (κ3) is 1.88. The molecule has 1 atom stereocenters. The first-order valence-electron chi connectivity index (χ1n) is 2.63. The van der Waals surface area contributed by atoms with Gasteiger partial charge in [0, 0.05) is 5.25 Å². The van der Waals surface area contributed by atoms with Gasteiger partial charge in [-0.1, -0.05) is 0 Å². The zero-order valence-corrected chi connectivity index (χ0v) is 6.17. The van der Waals surface area contributed by atoms with Crippen molar-refractivity contribution in [3.8, 4) is 0 Å². The van der Waals surface area contributed by atoms with Crippen molar-refractivity contribution in [2.45, 2.75) is 11.7 Å². The van der Waals surface area contributed by atoms with Crippen molar-refractivity contribution in [2.24, 2.45) is 0 Å². The lowest BCUT2D eigenvalue weighted by Gasteiger charge is -2.17. The van der Waals surface area contributed by atoms with Crippen LogP contribution in [-0.4, -0.2) is 22.7 Å². The van der Waals surface area contributed by atoms with E-state index in [1.165, 1.54) is 5.75 Å². The van der Waals surface area contributed by atoms with E-state index in [-0.39, 0.29) is 0 Å². The number of aliphatic hydroxyl groups excluding tert-OH is 1. The van der Waals surface area contributed by atoms with E-state index in [2.05, 4.69) is 5.08 Å². The van der Waals surface area contributed by atoms with Crippen molar-refractivity contribution in [3.05, 3.63) is 5.08 Å². The zero-order chi connectivity index (χ0) is 5.82. The maximum Gasteiger partial charge on any atom is 0.0716 e. The molecule has 47 valence electrons. The SMILES string of the molecule is OCC1CCS[CH]S1. The highest BCUT2D eigenvalue weighted by atomic mass is 32.2. The molecule has 0 spiro atoms. The summed E-state index contributed by atoms with van der Waals surface area (Å²) >= 11 is 3.59. The van der Waals surface area contributed by atoms with Crippen LogP contribution in [-0.2, 0) is 0 Å². The molecule has 1 fully saturated rings. The van der Waals surface area contributed by atoms with Crippen molar-refractivity contribution < 1.29 is 5.11 Å². The highest BCUT2D eigenvalue weighted by Crippen LogP contribution is 2.31. The lowest BCUT2D eigenvalue weighted by Crippen LogP contribution is -2.11. The Bertz CT molecular complexity index is 61.4. The summed E-state index contributed by atoms with van der Waals surface area (Å²) < 4.78 is 0. The number of aliphatic hydroxyl groups is 1. The first-order chi connectivity index (χ1) is 3.93. The molecule has 1 aliphatic heterocycles. The predicted octanol–water partition coefficient (Wildman–Crippen LogP) is 1.34. The van der Waals surface area contributed by atoms with E-state index in [9.17, 15) is 0 Å². The van der Waals surface area contributed by atoms with E-state index in [0.29, 0.717) is 11.9 Å². The molecule has 0 bridgehead atoms. The Kier molecular flexibility index (Phi) is 3.08. The van der Waals surface area contributed by atoms with E-state index in [1.54, 1.807) is 11.8 Å². The Morgan fingerprint density at radius 1 is 1.75 bits per heavy atom. The van der Waals surface area contributed by atoms with Crippen LogP contribution in [0.25, 0.3) is 0 Å². The predicted molar refractivity (Wildman–Crippen MR) is 39.8 cm³/mol. The molecule has 0 aliphatic carbocycles. The average molecular weight is 149 g/mol. The van der Waals surface area contributed by atoms with Gasteiger partial charge in [0.2, 0.25) is 0 Å². The van der Waals surface area contributed by atoms with Crippen LogP contribution in [0.15, 0.2) is 0 Å². The third-order valence-corrected chi connectivity index (χ3v) is 3.31. The molecule has 0 amide bonds. The van der Waals surface area contributed by atoms with Gasteiger partial charge in [-0.05, 0) is 12.2 Å². The van der Waals surface area contributed by atoms with Crippen LogP contribution in [0, 0.1) is 5.08 Å². The molecule has 3 heteroatoms. The molecule has 0 saturated carbocycles. The minimum absolute atomic E-state index is 0.335. The second kappa shape index (κ2) is 3.64. The lowest BCUT2D eigenvalue weighted by atomic mass is 10.3. The maximum absolute atomic E-state index is 8.64. The monoisotopic (exact) mass is 149 g/mol. The fourth-order valence-corrected chi connectivity index (χ4v) is 2.81. The normalized spacial score (nSPS) is 30.4. The number of hydrogen-bond acceptors (Lipinski definition) is 3. The average Bonchev–Trinajstić information content (AvgIpc) is 1.90. The molecule has 0 aromatic heterocycles. The lowest BCUT2D eigenvalue weighted by molar-refractivity contribution is 0.293. The van der Waals surface area contributed by atoms with Gasteiger partial charge in [0.15, 0.2) is 0 Å². The molecule has 1 N–H and O–H groups in total. The van der Waals surface area contributed by atoms with Crippen LogP contribution >= 0.6 is 23.5 Å². The first-order valence-corrected chi connectivity index (χ1v) is 4.62. The molecule has 1 heterocycles. The van der Waals surface area contributed by atoms with Gasteiger partial charge in [-0.3, -0.25) is 0 Å². The molecular weight excluding hydrogens is 140 g/mol. The highest BCUT2D eigenvalue weighted by molar-refractivity contribution is 8.20. The number of thioether (sulfide) groups is 2. The Labute approximate surface area is 58.2 Å². The van der Waals surface area contributed by atoms with Crippen LogP contribution < -0.4 is 0 Å². The van der Waals surface area contributed by atoms with Crippen LogP contribution in [0.4, 0.5) is 0 Å². The molecule has 0 aromatic rings. The van der Waals surface area contributed by atoms with E-state index >= 15 is 0 Å². The van der Waals surface area contributed by atoms with Crippen molar-refractivity contribution in [3.63, 3.8) is 0 Å². The van der Waals surface area contributed by atoms with Gasteiger partial charge in [0.25, 0.3) is 0 Å². The zero-order valence-electron chi connectivity index (χ0n) is 4.54. The Hall–Kier alpha value is 0.660.